The summed E-state index contributed by atoms with van der Waals surface area (Å²) >= 11 is 5.16. The minimum Gasteiger partial charge on any atom is -0.356 e. The number of hydrogen-bond acceptors (Lipinski definition) is 2. The summed E-state index contributed by atoms with van der Waals surface area (Å²) in [6.45, 7) is 0.851. The lowest BCUT2D eigenvalue weighted by Gasteiger charge is -2.11. The highest BCUT2D eigenvalue weighted by Crippen LogP contribution is 2.25. The predicted molar refractivity (Wildman–Crippen MR) is 66.1 cm³/mol. The van der Waals surface area contributed by atoms with Gasteiger partial charge in [0.25, 0.3) is 0 Å². The van der Waals surface area contributed by atoms with Crippen LogP contribution in [0.2, 0.25) is 0 Å². The molecule has 0 aromatic carbocycles. The molecule has 0 spiro atoms. The van der Waals surface area contributed by atoms with Crippen molar-refractivity contribution in [3.05, 3.63) is 20.8 Å². The monoisotopic (exact) mass is 287 g/mol. The van der Waals surface area contributed by atoms with E-state index in [4.69, 9.17) is 0 Å². The Morgan fingerprint density at radius 2 is 2.40 bits per heavy atom. The number of halogens is 1. The molecule has 1 unspecified atom stereocenters. The zero-order valence-electron chi connectivity index (χ0n) is 8.46. The van der Waals surface area contributed by atoms with Gasteiger partial charge >= 0.3 is 0 Å². The molecule has 1 saturated heterocycles. The largest absolute Gasteiger partial charge is 0.356 e. The lowest BCUT2D eigenvalue weighted by Crippen LogP contribution is -2.29. The van der Waals surface area contributed by atoms with Gasteiger partial charge in [0, 0.05) is 27.2 Å². The fraction of sp³-hybridized carbons (Fsp3) is 0.545. The van der Waals surface area contributed by atoms with E-state index in [0.717, 1.165) is 36.7 Å². The second-order valence-electron chi connectivity index (χ2n) is 3.92. The van der Waals surface area contributed by atoms with Gasteiger partial charge in [0.15, 0.2) is 0 Å². The van der Waals surface area contributed by atoms with E-state index in [9.17, 15) is 4.79 Å². The van der Waals surface area contributed by atoms with Gasteiger partial charge in [0.05, 0.1) is 0 Å². The number of nitrogens with one attached hydrogen (secondary N) is 1. The minimum absolute atomic E-state index is 0.179. The van der Waals surface area contributed by atoms with Crippen molar-refractivity contribution in [2.24, 2.45) is 5.92 Å². The van der Waals surface area contributed by atoms with Gasteiger partial charge in [0.2, 0.25) is 5.91 Å². The van der Waals surface area contributed by atoms with E-state index >= 15 is 0 Å². The van der Waals surface area contributed by atoms with Crippen molar-refractivity contribution < 1.29 is 4.79 Å². The third kappa shape index (κ3) is 3.05. The van der Waals surface area contributed by atoms with Crippen LogP contribution < -0.4 is 5.32 Å². The molecule has 1 aliphatic rings. The smallest absolute Gasteiger partial charge is 0.223 e. The highest BCUT2D eigenvalue weighted by atomic mass is 79.9. The maximum atomic E-state index is 11.7. The maximum absolute atomic E-state index is 11.7. The van der Waals surface area contributed by atoms with Gasteiger partial charge in [-0.25, -0.2) is 0 Å². The molecule has 1 aromatic heterocycles. The van der Waals surface area contributed by atoms with Gasteiger partial charge in [-0.1, -0.05) is 6.42 Å². The van der Waals surface area contributed by atoms with E-state index in [2.05, 4.69) is 32.7 Å². The first-order chi connectivity index (χ1) is 7.25. The summed E-state index contributed by atoms with van der Waals surface area (Å²) in [5.41, 5.74) is 0. The van der Waals surface area contributed by atoms with Crippen molar-refractivity contribution in [2.45, 2.75) is 25.7 Å². The summed E-state index contributed by atoms with van der Waals surface area (Å²) in [5.74, 6) is 0.412. The van der Waals surface area contributed by atoms with Crippen LogP contribution in [-0.2, 0) is 11.2 Å². The van der Waals surface area contributed by atoms with Crippen LogP contribution in [0.5, 0.6) is 0 Å². The molecule has 0 aliphatic carbocycles. The predicted octanol–water partition coefficient (Wildman–Crippen LogP) is 2.97. The molecule has 0 bridgehead atoms. The van der Waals surface area contributed by atoms with E-state index in [1.807, 2.05) is 0 Å². The fourth-order valence-corrected chi connectivity index (χ4v) is 3.43. The first-order valence-corrected chi connectivity index (χ1v) is 6.93. The average Bonchev–Trinajstić information content (AvgIpc) is 2.50. The van der Waals surface area contributed by atoms with Crippen molar-refractivity contribution in [2.75, 3.05) is 6.54 Å². The van der Waals surface area contributed by atoms with Gasteiger partial charge in [-0.15, -0.1) is 11.3 Å². The van der Waals surface area contributed by atoms with Gasteiger partial charge in [-0.05, 0) is 41.3 Å². The van der Waals surface area contributed by atoms with E-state index < -0.39 is 0 Å². The van der Waals surface area contributed by atoms with Crippen LogP contribution in [0.1, 0.15) is 24.1 Å². The molecule has 0 radical (unpaired) electrons. The molecule has 2 rings (SSSR count). The lowest BCUT2D eigenvalue weighted by atomic mass is 9.98. The molecule has 1 amide bonds. The molecule has 2 heterocycles. The van der Waals surface area contributed by atoms with E-state index in [-0.39, 0.29) is 11.8 Å². The molecule has 1 atom stereocenters. The number of rotatable bonds is 2. The topological polar surface area (TPSA) is 29.1 Å². The third-order valence-electron chi connectivity index (χ3n) is 2.72. The average molecular weight is 288 g/mol. The Morgan fingerprint density at radius 1 is 1.53 bits per heavy atom. The van der Waals surface area contributed by atoms with Crippen molar-refractivity contribution in [1.29, 1.82) is 0 Å². The van der Waals surface area contributed by atoms with Crippen LogP contribution in [0.25, 0.3) is 0 Å². The van der Waals surface area contributed by atoms with Crippen molar-refractivity contribution >= 4 is 33.2 Å². The van der Waals surface area contributed by atoms with Crippen LogP contribution in [0.3, 0.4) is 0 Å². The normalized spacial score (nSPS) is 22.2. The van der Waals surface area contributed by atoms with Crippen LogP contribution in [0, 0.1) is 5.92 Å². The number of hydrogen-bond donors (Lipinski definition) is 1. The quantitative estimate of drug-likeness (QED) is 0.890. The van der Waals surface area contributed by atoms with Crippen molar-refractivity contribution in [3.8, 4) is 0 Å². The summed E-state index contributed by atoms with van der Waals surface area (Å²) in [7, 11) is 0. The molecule has 1 N–H and O–H groups in total. The molecule has 15 heavy (non-hydrogen) atoms. The molecule has 1 aliphatic heterocycles. The maximum Gasteiger partial charge on any atom is 0.223 e. The molecule has 1 fully saturated rings. The molecule has 2 nitrogen and oxygen atoms in total. The first kappa shape index (κ1) is 11.1. The van der Waals surface area contributed by atoms with Crippen LogP contribution in [0.4, 0.5) is 0 Å². The van der Waals surface area contributed by atoms with Crippen LogP contribution in [0.15, 0.2) is 15.9 Å². The number of carbonyl (C=O) groups excluding carboxylic acids is 1. The van der Waals surface area contributed by atoms with Gasteiger partial charge in [-0.2, -0.15) is 0 Å². The molecule has 1 aromatic rings. The minimum atomic E-state index is 0.179. The zero-order chi connectivity index (χ0) is 10.7. The van der Waals surface area contributed by atoms with E-state index in [0.29, 0.717) is 0 Å². The van der Waals surface area contributed by atoms with Crippen molar-refractivity contribution in [1.82, 2.24) is 5.32 Å². The van der Waals surface area contributed by atoms with Gasteiger partial charge in [-0.3, -0.25) is 4.79 Å². The fourth-order valence-electron chi connectivity index (χ4n) is 1.90. The summed E-state index contributed by atoms with van der Waals surface area (Å²) < 4.78 is 1.12. The van der Waals surface area contributed by atoms with Crippen LogP contribution in [-0.4, -0.2) is 12.5 Å². The Labute approximate surface area is 102 Å². The SMILES string of the molecule is O=C1NCCCCC1Cc1cc(Br)cs1. The summed E-state index contributed by atoms with van der Waals surface area (Å²) in [6.07, 6.45) is 4.20. The Bertz CT molecular complexity index is 350. The Morgan fingerprint density at radius 3 is 3.13 bits per heavy atom. The highest BCUT2D eigenvalue weighted by Gasteiger charge is 2.21. The highest BCUT2D eigenvalue weighted by molar-refractivity contribution is 9.10. The zero-order valence-corrected chi connectivity index (χ0v) is 10.9. The molecular weight excluding hydrogens is 274 g/mol. The second kappa shape index (κ2) is 5.12. The number of carbonyl (C=O) groups is 1. The molecule has 4 heteroatoms. The molecule has 0 saturated carbocycles. The van der Waals surface area contributed by atoms with Crippen molar-refractivity contribution in [3.63, 3.8) is 0 Å². The van der Waals surface area contributed by atoms with Gasteiger partial charge in [0.1, 0.15) is 0 Å². The Kier molecular flexibility index (Phi) is 3.81. The van der Waals surface area contributed by atoms with E-state index in [1.165, 1.54) is 4.88 Å². The van der Waals surface area contributed by atoms with E-state index in [1.54, 1.807) is 11.3 Å². The number of thiophene rings is 1. The summed E-state index contributed by atoms with van der Waals surface area (Å²) in [6, 6.07) is 2.11. The molecule has 82 valence electrons. The number of amides is 1. The second-order valence-corrected chi connectivity index (χ2v) is 5.83. The van der Waals surface area contributed by atoms with Crippen LogP contribution >= 0.6 is 27.3 Å². The summed E-state index contributed by atoms with van der Waals surface area (Å²) in [5, 5.41) is 5.05. The summed E-state index contributed by atoms with van der Waals surface area (Å²) in [4.78, 5) is 13.0. The van der Waals surface area contributed by atoms with Gasteiger partial charge < -0.3 is 5.32 Å². The Hall–Kier alpha value is -0.350. The third-order valence-corrected chi connectivity index (χ3v) is 4.44. The Balaban J connectivity index is 2.00. The lowest BCUT2D eigenvalue weighted by molar-refractivity contribution is -0.124. The standard InChI is InChI=1S/C11H14BrNOS/c12-9-6-10(15-7-9)5-8-3-1-2-4-13-11(8)14/h6-8H,1-5H2,(H,13,14). The first-order valence-electron chi connectivity index (χ1n) is 5.26. The molecular formula is C11H14BrNOS.